The van der Waals surface area contributed by atoms with E-state index in [-0.39, 0.29) is 0 Å². The van der Waals surface area contributed by atoms with Crippen LogP contribution in [0.15, 0.2) is 18.2 Å². The van der Waals surface area contributed by atoms with Crippen molar-refractivity contribution in [1.29, 1.82) is 0 Å². The van der Waals surface area contributed by atoms with E-state index in [9.17, 15) is 0 Å². The SMILES string of the molecule is CCc1nn(C)c(Oc2ccc(Cl)cc2C)c1N. The molecule has 2 N–H and O–H groups in total. The molecule has 0 aliphatic carbocycles. The Morgan fingerprint density at radius 2 is 2.17 bits per heavy atom. The zero-order chi connectivity index (χ0) is 13.3. The minimum absolute atomic E-state index is 0.567. The van der Waals surface area contributed by atoms with Gasteiger partial charge in [0.2, 0.25) is 5.88 Å². The first kappa shape index (κ1) is 12.8. The monoisotopic (exact) mass is 265 g/mol. The third kappa shape index (κ3) is 2.29. The summed E-state index contributed by atoms with van der Waals surface area (Å²) in [4.78, 5) is 0. The van der Waals surface area contributed by atoms with Crippen LogP contribution in [0.4, 0.5) is 5.69 Å². The molecule has 18 heavy (non-hydrogen) atoms. The summed E-state index contributed by atoms with van der Waals surface area (Å²) in [5.74, 6) is 1.30. The average Bonchev–Trinajstić information content (AvgIpc) is 2.59. The summed E-state index contributed by atoms with van der Waals surface area (Å²) in [6, 6.07) is 5.47. The molecule has 0 saturated carbocycles. The average molecular weight is 266 g/mol. The van der Waals surface area contributed by atoms with Gasteiger partial charge in [-0.3, -0.25) is 0 Å². The first-order valence-corrected chi connectivity index (χ1v) is 6.16. The number of ether oxygens (including phenoxy) is 1. The fourth-order valence-electron chi connectivity index (χ4n) is 1.79. The Morgan fingerprint density at radius 3 is 2.72 bits per heavy atom. The van der Waals surface area contributed by atoms with E-state index in [1.54, 1.807) is 10.7 Å². The first-order chi connectivity index (χ1) is 8.52. The Balaban J connectivity index is 2.37. The van der Waals surface area contributed by atoms with E-state index in [0.29, 0.717) is 16.6 Å². The number of aryl methyl sites for hydroxylation is 3. The standard InChI is InChI=1S/C13H16ClN3O/c1-4-10-12(15)13(17(3)16-10)18-11-6-5-9(14)7-8(11)2/h5-7H,4,15H2,1-3H3. The molecule has 5 heteroatoms. The highest BCUT2D eigenvalue weighted by atomic mass is 35.5. The van der Waals surface area contributed by atoms with Gasteiger partial charge in [-0.25, -0.2) is 4.68 Å². The molecule has 96 valence electrons. The van der Waals surface area contributed by atoms with E-state index in [4.69, 9.17) is 22.1 Å². The number of aromatic nitrogens is 2. The summed E-state index contributed by atoms with van der Waals surface area (Å²) in [7, 11) is 1.82. The molecule has 0 bridgehead atoms. The number of nitrogen functional groups attached to an aromatic ring is 1. The van der Waals surface area contributed by atoms with Gasteiger partial charge in [-0.15, -0.1) is 0 Å². The molecule has 0 spiro atoms. The van der Waals surface area contributed by atoms with Crippen LogP contribution in [-0.4, -0.2) is 9.78 Å². The molecule has 2 aromatic rings. The molecule has 0 atom stereocenters. The molecule has 0 saturated heterocycles. The van der Waals surface area contributed by atoms with Crippen LogP contribution in [0.1, 0.15) is 18.2 Å². The van der Waals surface area contributed by atoms with Crippen molar-refractivity contribution in [1.82, 2.24) is 9.78 Å². The van der Waals surface area contributed by atoms with Crippen molar-refractivity contribution < 1.29 is 4.74 Å². The van der Waals surface area contributed by atoms with Gasteiger partial charge < -0.3 is 10.5 Å². The molecular weight excluding hydrogens is 250 g/mol. The number of nitrogens with two attached hydrogens (primary N) is 1. The van der Waals surface area contributed by atoms with Crippen molar-refractivity contribution in [2.75, 3.05) is 5.73 Å². The summed E-state index contributed by atoms with van der Waals surface area (Å²) in [6.07, 6.45) is 0.780. The highest BCUT2D eigenvalue weighted by Gasteiger charge is 2.14. The molecule has 1 aromatic heterocycles. The maximum Gasteiger partial charge on any atom is 0.241 e. The fourth-order valence-corrected chi connectivity index (χ4v) is 2.02. The van der Waals surface area contributed by atoms with E-state index in [1.807, 2.05) is 33.0 Å². The van der Waals surface area contributed by atoms with Gasteiger partial charge in [0.25, 0.3) is 0 Å². The van der Waals surface area contributed by atoms with Gasteiger partial charge in [-0.2, -0.15) is 5.10 Å². The Labute approximate surface area is 111 Å². The van der Waals surface area contributed by atoms with Crippen LogP contribution in [0.3, 0.4) is 0 Å². The number of hydrogen-bond donors (Lipinski definition) is 1. The molecule has 0 aliphatic rings. The molecule has 0 radical (unpaired) electrons. The van der Waals surface area contributed by atoms with Gasteiger partial charge in [0.15, 0.2) is 0 Å². The molecule has 0 aliphatic heterocycles. The summed E-state index contributed by atoms with van der Waals surface area (Å²) in [5, 5.41) is 5.00. The van der Waals surface area contributed by atoms with Crippen LogP contribution >= 0.6 is 11.6 Å². The van der Waals surface area contributed by atoms with E-state index < -0.39 is 0 Å². The predicted octanol–water partition coefficient (Wildman–Crippen LogP) is 3.32. The third-order valence-electron chi connectivity index (χ3n) is 2.78. The lowest BCUT2D eigenvalue weighted by Gasteiger charge is -2.09. The second-order valence-corrected chi connectivity index (χ2v) is 4.59. The van der Waals surface area contributed by atoms with Crippen LogP contribution in [0.5, 0.6) is 11.6 Å². The summed E-state index contributed by atoms with van der Waals surface area (Å²) >= 11 is 5.91. The van der Waals surface area contributed by atoms with E-state index in [0.717, 1.165) is 23.4 Å². The van der Waals surface area contributed by atoms with E-state index in [1.165, 1.54) is 0 Å². The summed E-state index contributed by atoms with van der Waals surface area (Å²) in [6.45, 7) is 3.95. The number of anilines is 1. The summed E-state index contributed by atoms with van der Waals surface area (Å²) < 4.78 is 7.48. The van der Waals surface area contributed by atoms with Crippen molar-refractivity contribution >= 4 is 17.3 Å². The maximum absolute atomic E-state index is 6.01. The number of nitrogens with zero attached hydrogens (tertiary/aromatic N) is 2. The van der Waals surface area contributed by atoms with Crippen LogP contribution in [0.25, 0.3) is 0 Å². The zero-order valence-corrected chi connectivity index (χ0v) is 11.5. The van der Waals surface area contributed by atoms with E-state index >= 15 is 0 Å². The van der Waals surface area contributed by atoms with Crippen molar-refractivity contribution in [2.45, 2.75) is 20.3 Å². The van der Waals surface area contributed by atoms with Gasteiger partial charge in [0, 0.05) is 12.1 Å². The second kappa shape index (κ2) is 4.90. The van der Waals surface area contributed by atoms with Crippen LogP contribution in [-0.2, 0) is 13.5 Å². The molecule has 1 heterocycles. The van der Waals surface area contributed by atoms with Gasteiger partial charge in [-0.05, 0) is 37.1 Å². The topological polar surface area (TPSA) is 53.1 Å². The minimum atomic E-state index is 0.567. The lowest BCUT2D eigenvalue weighted by molar-refractivity contribution is 0.430. The predicted molar refractivity (Wildman–Crippen MR) is 73.3 cm³/mol. The number of benzene rings is 1. The minimum Gasteiger partial charge on any atom is -0.437 e. The van der Waals surface area contributed by atoms with Crippen LogP contribution in [0.2, 0.25) is 5.02 Å². The van der Waals surface area contributed by atoms with Crippen molar-refractivity contribution in [3.05, 3.63) is 34.5 Å². The molecule has 4 nitrogen and oxygen atoms in total. The Kier molecular flexibility index (Phi) is 3.48. The maximum atomic E-state index is 6.01. The van der Waals surface area contributed by atoms with Gasteiger partial charge in [-0.1, -0.05) is 18.5 Å². The van der Waals surface area contributed by atoms with Gasteiger partial charge >= 0.3 is 0 Å². The van der Waals surface area contributed by atoms with E-state index in [2.05, 4.69) is 5.10 Å². The lowest BCUT2D eigenvalue weighted by atomic mass is 10.2. The molecule has 0 unspecified atom stereocenters. The van der Waals surface area contributed by atoms with Crippen molar-refractivity contribution in [3.8, 4) is 11.6 Å². The number of rotatable bonds is 3. The molecule has 2 rings (SSSR count). The first-order valence-electron chi connectivity index (χ1n) is 5.78. The Hall–Kier alpha value is -1.68. The third-order valence-corrected chi connectivity index (χ3v) is 3.02. The van der Waals surface area contributed by atoms with Gasteiger partial charge in [0.05, 0.1) is 5.69 Å². The summed E-state index contributed by atoms with van der Waals surface area (Å²) in [5.41, 5.74) is 8.41. The van der Waals surface area contributed by atoms with Crippen LogP contribution in [0, 0.1) is 6.92 Å². The molecular formula is C13H16ClN3O. The number of hydrogen-bond acceptors (Lipinski definition) is 3. The zero-order valence-electron chi connectivity index (χ0n) is 10.7. The molecule has 0 amide bonds. The molecule has 0 fully saturated rings. The highest BCUT2D eigenvalue weighted by Crippen LogP contribution is 2.32. The Bertz CT molecular complexity index is 578. The molecule has 1 aromatic carbocycles. The number of halogens is 1. The normalized spacial score (nSPS) is 10.7. The van der Waals surface area contributed by atoms with Crippen molar-refractivity contribution in [3.63, 3.8) is 0 Å². The van der Waals surface area contributed by atoms with Gasteiger partial charge in [0.1, 0.15) is 11.4 Å². The quantitative estimate of drug-likeness (QED) is 0.926. The smallest absolute Gasteiger partial charge is 0.241 e. The second-order valence-electron chi connectivity index (χ2n) is 4.15. The fraction of sp³-hybridized carbons (Fsp3) is 0.308. The van der Waals surface area contributed by atoms with Crippen molar-refractivity contribution in [2.24, 2.45) is 7.05 Å². The van der Waals surface area contributed by atoms with Crippen LogP contribution < -0.4 is 10.5 Å². The highest BCUT2D eigenvalue weighted by molar-refractivity contribution is 6.30. The lowest BCUT2D eigenvalue weighted by Crippen LogP contribution is -1.98. The largest absolute Gasteiger partial charge is 0.437 e. The Morgan fingerprint density at radius 1 is 1.44 bits per heavy atom.